The maximum atomic E-state index is 12.7. The summed E-state index contributed by atoms with van der Waals surface area (Å²) >= 11 is 12.0. The quantitative estimate of drug-likeness (QED) is 0.801. The van der Waals surface area contributed by atoms with Gasteiger partial charge in [0.1, 0.15) is 0 Å². The molecule has 1 aliphatic rings. The summed E-state index contributed by atoms with van der Waals surface area (Å²) in [7, 11) is 0. The van der Waals surface area contributed by atoms with Crippen molar-refractivity contribution < 1.29 is 4.79 Å². The molecule has 0 aliphatic carbocycles. The van der Waals surface area contributed by atoms with Crippen LogP contribution in [-0.2, 0) is 6.42 Å². The van der Waals surface area contributed by atoms with Crippen molar-refractivity contribution in [3.63, 3.8) is 0 Å². The Bertz CT molecular complexity index is 695. The van der Waals surface area contributed by atoms with E-state index in [1.165, 1.54) is 0 Å². The number of halogens is 2. The predicted octanol–water partition coefficient (Wildman–Crippen LogP) is 4.17. The molecule has 0 fully saturated rings. The minimum atomic E-state index is -0.106. The third-order valence-electron chi connectivity index (χ3n) is 3.58. The average Bonchev–Trinajstić information content (AvgIpc) is 2.44. The first-order chi connectivity index (χ1) is 10.0. The molecular weight excluding hydrogens is 307 g/mol. The van der Waals surface area contributed by atoms with Crippen LogP contribution in [0.25, 0.3) is 0 Å². The smallest absolute Gasteiger partial charge is 0.258 e. The molecule has 2 N–H and O–H groups in total. The highest BCUT2D eigenvalue weighted by Crippen LogP contribution is 2.31. The van der Waals surface area contributed by atoms with Crippen molar-refractivity contribution in [1.29, 1.82) is 0 Å². The lowest BCUT2D eigenvalue weighted by molar-refractivity contribution is 0.0985. The summed E-state index contributed by atoms with van der Waals surface area (Å²) in [6, 6.07) is 10.6. The van der Waals surface area contributed by atoms with Crippen LogP contribution >= 0.6 is 23.2 Å². The van der Waals surface area contributed by atoms with Gasteiger partial charge in [-0.1, -0.05) is 29.3 Å². The number of rotatable bonds is 1. The molecule has 0 aromatic heterocycles. The largest absolute Gasteiger partial charge is 0.399 e. The van der Waals surface area contributed by atoms with Crippen molar-refractivity contribution in [3.8, 4) is 0 Å². The molecule has 2 aromatic rings. The Morgan fingerprint density at radius 1 is 1.10 bits per heavy atom. The van der Waals surface area contributed by atoms with E-state index < -0.39 is 0 Å². The second-order valence-electron chi connectivity index (χ2n) is 5.11. The Morgan fingerprint density at radius 3 is 2.52 bits per heavy atom. The van der Waals surface area contributed by atoms with Crippen LogP contribution in [0.3, 0.4) is 0 Å². The van der Waals surface area contributed by atoms with Crippen molar-refractivity contribution in [3.05, 3.63) is 57.6 Å². The van der Waals surface area contributed by atoms with E-state index in [2.05, 4.69) is 0 Å². The van der Waals surface area contributed by atoms with E-state index in [-0.39, 0.29) is 5.91 Å². The summed E-state index contributed by atoms with van der Waals surface area (Å²) in [5.41, 5.74) is 9.00. The number of fused-ring (bicyclic) bond motifs is 1. The Balaban J connectivity index is 2.01. The summed E-state index contributed by atoms with van der Waals surface area (Å²) in [4.78, 5) is 14.5. The fraction of sp³-hybridized carbons (Fsp3) is 0.188. The molecule has 3 rings (SSSR count). The zero-order valence-corrected chi connectivity index (χ0v) is 12.8. The van der Waals surface area contributed by atoms with Crippen LogP contribution in [0.4, 0.5) is 11.4 Å². The predicted molar refractivity (Wildman–Crippen MR) is 87.3 cm³/mol. The first-order valence-electron chi connectivity index (χ1n) is 6.71. The molecule has 1 aliphatic heterocycles. The number of carbonyl (C=O) groups excluding carboxylic acids is 1. The molecule has 2 aromatic carbocycles. The second kappa shape index (κ2) is 5.58. The maximum Gasteiger partial charge on any atom is 0.258 e. The maximum absolute atomic E-state index is 12.7. The van der Waals surface area contributed by atoms with E-state index in [1.54, 1.807) is 23.1 Å². The average molecular weight is 321 g/mol. The molecule has 108 valence electrons. The van der Waals surface area contributed by atoms with Gasteiger partial charge in [0.2, 0.25) is 0 Å². The van der Waals surface area contributed by atoms with E-state index >= 15 is 0 Å². The zero-order valence-electron chi connectivity index (χ0n) is 11.3. The summed E-state index contributed by atoms with van der Waals surface area (Å²) in [6.07, 6.45) is 1.88. The summed E-state index contributed by atoms with van der Waals surface area (Å²) < 4.78 is 0. The van der Waals surface area contributed by atoms with Crippen LogP contribution in [0.1, 0.15) is 22.3 Å². The standard InChI is InChI=1S/C16H14Cl2N2O/c17-12-6-11(7-13(18)8-12)16(21)20-5-1-2-10-3-4-14(19)9-15(10)20/h3-4,6-9H,1-2,5,19H2. The van der Waals surface area contributed by atoms with Gasteiger partial charge in [0, 0.05) is 33.5 Å². The first kappa shape index (κ1) is 14.2. The molecule has 5 heteroatoms. The van der Waals surface area contributed by atoms with Crippen molar-refractivity contribution in [2.24, 2.45) is 0 Å². The van der Waals surface area contributed by atoms with Gasteiger partial charge in [0.05, 0.1) is 0 Å². The number of hydrogen-bond donors (Lipinski definition) is 1. The Hall–Kier alpha value is -1.71. The third kappa shape index (κ3) is 2.85. The van der Waals surface area contributed by atoms with Crippen molar-refractivity contribution in [2.45, 2.75) is 12.8 Å². The fourth-order valence-electron chi connectivity index (χ4n) is 2.64. The molecule has 0 atom stereocenters. The van der Waals surface area contributed by atoms with E-state index in [9.17, 15) is 4.79 Å². The first-order valence-corrected chi connectivity index (χ1v) is 7.46. The number of anilines is 2. The molecule has 0 unspecified atom stereocenters. The molecule has 0 saturated carbocycles. The van der Waals surface area contributed by atoms with Crippen LogP contribution < -0.4 is 10.6 Å². The minimum absolute atomic E-state index is 0.106. The van der Waals surface area contributed by atoms with Crippen LogP contribution in [0.15, 0.2) is 36.4 Å². The van der Waals surface area contributed by atoms with E-state index in [4.69, 9.17) is 28.9 Å². The molecule has 0 spiro atoms. The third-order valence-corrected chi connectivity index (χ3v) is 4.02. The topological polar surface area (TPSA) is 46.3 Å². The highest BCUT2D eigenvalue weighted by atomic mass is 35.5. The number of amides is 1. The summed E-state index contributed by atoms with van der Waals surface area (Å²) in [5, 5.41) is 0.909. The minimum Gasteiger partial charge on any atom is -0.399 e. The van der Waals surface area contributed by atoms with Crippen LogP contribution in [0.2, 0.25) is 10.0 Å². The summed E-state index contributed by atoms with van der Waals surface area (Å²) in [5.74, 6) is -0.106. The molecule has 1 amide bonds. The lowest BCUT2D eigenvalue weighted by atomic mass is 10.00. The lowest BCUT2D eigenvalue weighted by Crippen LogP contribution is -2.35. The molecule has 0 radical (unpaired) electrons. The normalized spacial score (nSPS) is 13.9. The molecule has 0 saturated heterocycles. The number of nitrogen functional groups attached to an aromatic ring is 1. The van der Waals surface area contributed by atoms with Gasteiger partial charge < -0.3 is 10.6 Å². The molecule has 0 bridgehead atoms. The van der Waals surface area contributed by atoms with Gasteiger partial charge in [-0.3, -0.25) is 4.79 Å². The molecule has 3 nitrogen and oxygen atoms in total. The van der Waals surface area contributed by atoms with Crippen LogP contribution in [0, 0.1) is 0 Å². The van der Waals surface area contributed by atoms with E-state index in [0.717, 1.165) is 24.1 Å². The van der Waals surface area contributed by atoms with Crippen LogP contribution in [-0.4, -0.2) is 12.5 Å². The molecule has 1 heterocycles. The molecular formula is C16H14Cl2N2O. The lowest BCUT2D eigenvalue weighted by Gasteiger charge is -2.30. The Kier molecular flexibility index (Phi) is 3.79. The van der Waals surface area contributed by atoms with Crippen molar-refractivity contribution >= 4 is 40.5 Å². The number of carbonyl (C=O) groups is 1. The van der Waals surface area contributed by atoms with Crippen molar-refractivity contribution in [1.82, 2.24) is 0 Å². The highest BCUT2D eigenvalue weighted by molar-refractivity contribution is 6.35. The number of aryl methyl sites for hydroxylation is 1. The second-order valence-corrected chi connectivity index (χ2v) is 5.98. The number of hydrogen-bond acceptors (Lipinski definition) is 2. The zero-order chi connectivity index (χ0) is 15.0. The van der Waals surface area contributed by atoms with Crippen LogP contribution in [0.5, 0.6) is 0 Å². The van der Waals surface area contributed by atoms with Crippen molar-refractivity contribution in [2.75, 3.05) is 17.2 Å². The summed E-state index contributed by atoms with van der Waals surface area (Å²) in [6.45, 7) is 0.666. The van der Waals surface area contributed by atoms with Gasteiger partial charge in [-0.2, -0.15) is 0 Å². The SMILES string of the molecule is Nc1ccc2c(c1)N(C(=O)c1cc(Cl)cc(Cl)c1)CCC2. The molecule has 21 heavy (non-hydrogen) atoms. The van der Waals surface area contributed by atoms with Gasteiger partial charge in [0.15, 0.2) is 0 Å². The fourth-order valence-corrected chi connectivity index (χ4v) is 3.16. The number of benzene rings is 2. The number of nitrogens with zero attached hydrogens (tertiary/aromatic N) is 1. The van der Waals surface area contributed by atoms with Gasteiger partial charge in [-0.15, -0.1) is 0 Å². The van der Waals surface area contributed by atoms with Gasteiger partial charge >= 0.3 is 0 Å². The van der Waals surface area contributed by atoms with Gasteiger partial charge in [0.25, 0.3) is 5.91 Å². The van der Waals surface area contributed by atoms with Gasteiger partial charge in [-0.25, -0.2) is 0 Å². The Labute approximate surface area is 133 Å². The van der Waals surface area contributed by atoms with E-state index in [0.29, 0.717) is 27.8 Å². The van der Waals surface area contributed by atoms with Gasteiger partial charge in [-0.05, 0) is 48.7 Å². The highest BCUT2D eigenvalue weighted by Gasteiger charge is 2.24. The monoisotopic (exact) mass is 320 g/mol. The van der Waals surface area contributed by atoms with E-state index in [1.807, 2.05) is 18.2 Å². The number of nitrogens with two attached hydrogens (primary N) is 1. The Morgan fingerprint density at radius 2 is 1.81 bits per heavy atom.